The van der Waals surface area contributed by atoms with Crippen LogP contribution < -0.4 is 5.32 Å². The summed E-state index contributed by atoms with van der Waals surface area (Å²) in [6.45, 7) is 2.40. The van der Waals surface area contributed by atoms with E-state index >= 15 is 0 Å². The predicted octanol–water partition coefficient (Wildman–Crippen LogP) is 2.61. The molecule has 2 aliphatic carbocycles. The molecule has 1 aliphatic heterocycles. The Labute approximate surface area is 124 Å². The summed E-state index contributed by atoms with van der Waals surface area (Å²) < 4.78 is 0. The minimum Gasteiger partial charge on any atom is -0.323 e. The van der Waals surface area contributed by atoms with Crippen molar-refractivity contribution in [1.82, 2.24) is 10.2 Å². The van der Waals surface area contributed by atoms with Gasteiger partial charge < -0.3 is 5.32 Å². The number of aryl methyl sites for hydroxylation is 1. The summed E-state index contributed by atoms with van der Waals surface area (Å²) in [5.74, 6) is 0.743. The van der Waals surface area contributed by atoms with Gasteiger partial charge in [0, 0.05) is 0 Å². The molecule has 110 valence electrons. The van der Waals surface area contributed by atoms with Crippen LogP contribution in [-0.4, -0.2) is 22.4 Å². The van der Waals surface area contributed by atoms with Crippen molar-refractivity contribution in [3.8, 4) is 0 Å². The van der Waals surface area contributed by atoms with E-state index in [1.54, 1.807) is 0 Å². The highest BCUT2D eigenvalue weighted by atomic mass is 16.2. The van der Waals surface area contributed by atoms with Crippen molar-refractivity contribution in [2.45, 2.75) is 44.7 Å². The van der Waals surface area contributed by atoms with Crippen molar-refractivity contribution in [3.63, 3.8) is 0 Å². The van der Waals surface area contributed by atoms with Crippen LogP contribution in [-0.2, 0) is 11.3 Å². The van der Waals surface area contributed by atoms with Gasteiger partial charge in [-0.3, -0.25) is 9.69 Å². The Kier molecular flexibility index (Phi) is 2.65. The van der Waals surface area contributed by atoms with Gasteiger partial charge in [0.15, 0.2) is 0 Å². The van der Waals surface area contributed by atoms with Crippen molar-refractivity contribution in [1.29, 1.82) is 0 Å². The van der Waals surface area contributed by atoms with E-state index in [0.717, 1.165) is 36.8 Å². The zero-order chi connectivity index (χ0) is 14.6. The van der Waals surface area contributed by atoms with Crippen LogP contribution in [0.2, 0.25) is 0 Å². The van der Waals surface area contributed by atoms with Gasteiger partial charge in [-0.05, 0) is 55.6 Å². The lowest BCUT2D eigenvalue weighted by Crippen LogP contribution is -2.51. The number of hydrogen-bond acceptors (Lipinski definition) is 2. The molecule has 1 heterocycles. The highest BCUT2D eigenvalue weighted by Gasteiger charge is 2.65. The number of rotatable bonds is 4. The quantitative estimate of drug-likeness (QED) is 0.864. The first kappa shape index (κ1) is 12.9. The molecular formula is C17H20N2O2. The minimum absolute atomic E-state index is 0.0146. The number of carbonyl (C=O) groups is 2. The average molecular weight is 284 g/mol. The number of urea groups is 1. The topological polar surface area (TPSA) is 49.4 Å². The van der Waals surface area contributed by atoms with Crippen molar-refractivity contribution in [3.05, 3.63) is 35.4 Å². The molecule has 0 bridgehead atoms. The molecule has 1 aromatic rings. The summed E-state index contributed by atoms with van der Waals surface area (Å²) in [4.78, 5) is 26.8. The van der Waals surface area contributed by atoms with E-state index in [1.807, 2.05) is 31.2 Å². The third-order valence-corrected chi connectivity index (χ3v) is 5.19. The Hall–Kier alpha value is -1.84. The third-order valence-electron chi connectivity index (χ3n) is 5.19. The lowest BCUT2D eigenvalue weighted by atomic mass is 9.87. The Bertz CT molecular complexity index is 605. The van der Waals surface area contributed by atoms with Crippen LogP contribution in [0.3, 0.4) is 0 Å². The largest absolute Gasteiger partial charge is 0.325 e. The number of nitrogens with one attached hydrogen (secondary N) is 1. The molecule has 3 aliphatic rings. The predicted molar refractivity (Wildman–Crippen MR) is 78.4 cm³/mol. The molecule has 0 spiro atoms. The van der Waals surface area contributed by atoms with E-state index < -0.39 is 5.54 Å². The monoisotopic (exact) mass is 284 g/mol. The van der Waals surface area contributed by atoms with E-state index in [1.165, 1.54) is 4.90 Å². The van der Waals surface area contributed by atoms with Gasteiger partial charge >= 0.3 is 6.03 Å². The number of benzene rings is 1. The molecule has 0 unspecified atom stereocenters. The lowest BCUT2D eigenvalue weighted by Gasteiger charge is -2.26. The molecule has 4 heteroatoms. The first-order valence-electron chi connectivity index (χ1n) is 7.81. The van der Waals surface area contributed by atoms with E-state index in [0.29, 0.717) is 18.4 Å². The zero-order valence-corrected chi connectivity index (χ0v) is 12.3. The number of amides is 3. The fraction of sp³-hybridized carbons (Fsp3) is 0.529. The Morgan fingerprint density at radius 2 is 1.76 bits per heavy atom. The van der Waals surface area contributed by atoms with Gasteiger partial charge in [-0.15, -0.1) is 0 Å². The zero-order valence-electron chi connectivity index (χ0n) is 12.3. The molecule has 0 radical (unpaired) electrons. The van der Waals surface area contributed by atoms with E-state index in [2.05, 4.69) is 5.32 Å². The van der Waals surface area contributed by atoms with Gasteiger partial charge in [-0.2, -0.15) is 0 Å². The van der Waals surface area contributed by atoms with Crippen molar-refractivity contribution in [2.75, 3.05) is 0 Å². The highest BCUT2D eigenvalue weighted by Crippen LogP contribution is 2.54. The minimum atomic E-state index is -0.570. The van der Waals surface area contributed by atoms with Crippen LogP contribution in [0.25, 0.3) is 0 Å². The van der Waals surface area contributed by atoms with Crippen LogP contribution >= 0.6 is 0 Å². The summed E-state index contributed by atoms with van der Waals surface area (Å²) in [6.07, 6.45) is 4.28. The third kappa shape index (κ3) is 1.88. The SMILES string of the molecule is Cc1ccccc1CN1C(=O)NC(C2CC2)(C2CC2)C1=O. The molecule has 3 amide bonds. The molecule has 1 N–H and O–H groups in total. The second-order valence-electron chi connectivity index (χ2n) is 6.67. The first-order chi connectivity index (χ1) is 10.1. The van der Waals surface area contributed by atoms with Crippen LogP contribution in [0.1, 0.15) is 36.8 Å². The van der Waals surface area contributed by atoms with Gasteiger partial charge in [-0.1, -0.05) is 24.3 Å². The van der Waals surface area contributed by atoms with E-state index in [4.69, 9.17) is 0 Å². The molecule has 2 saturated carbocycles. The van der Waals surface area contributed by atoms with Crippen LogP contribution in [0, 0.1) is 18.8 Å². The Morgan fingerprint density at radius 3 is 2.33 bits per heavy atom. The maximum absolute atomic E-state index is 13.0. The van der Waals surface area contributed by atoms with Gasteiger partial charge in [0.05, 0.1) is 6.54 Å². The summed E-state index contributed by atoms with van der Waals surface area (Å²) in [5, 5.41) is 3.07. The van der Waals surface area contributed by atoms with Gasteiger partial charge in [-0.25, -0.2) is 4.79 Å². The standard InChI is InChI=1S/C17H20N2O2/c1-11-4-2-3-5-12(11)10-19-15(20)17(13-6-7-13,14-8-9-14)18-16(19)21/h2-5,13-14H,6-10H2,1H3,(H,18,21). The summed E-state index contributed by atoms with van der Waals surface area (Å²) in [7, 11) is 0. The highest BCUT2D eigenvalue weighted by molar-refractivity contribution is 6.07. The molecule has 4 rings (SSSR count). The fourth-order valence-corrected chi connectivity index (χ4v) is 3.68. The second-order valence-corrected chi connectivity index (χ2v) is 6.67. The second kappa shape index (κ2) is 4.33. The van der Waals surface area contributed by atoms with E-state index in [9.17, 15) is 9.59 Å². The number of carbonyl (C=O) groups excluding carboxylic acids is 2. The van der Waals surface area contributed by atoms with Gasteiger partial charge in [0.2, 0.25) is 0 Å². The first-order valence-corrected chi connectivity index (χ1v) is 7.81. The number of nitrogens with zero attached hydrogens (tertiary/aromatic N) is 1. The normalized spacial score (nSPS) is 24.3. The molecule has 0 aromatic heterocycles. The van der Waals surface area contributed by atoms with Crippen molar-refractivity contribution >= 4 is 11.9 Å². The maximum Gasteiger partial charge on any atom is 0.325 e. The lowest BCUT2D eigenvalue weighted by molar-refractivity contribution is -0.133. The average Bonchev–Trinajstić information content (AvgIpc) is 3.36. The van der Waals surface area contributed by atoms with Crippen LogP contribution in [0.4, 0.5) is 4.79 Å². The molecular weight excluding hydrogens is 264 g/mol. The van der Waals surface area contributed by atoms with Gasteiger partial charge in [0.1, 0.15) is 5.54 Å². The molecule has 4 nitrogen and oxygen atoms in total. The smallest absolute Gasteiger partial charge is 0.323 e. The molecule has 21 heavy (non-hydrogen) atoms. The molecule has 1 aromatic carbocycles. The fourth-order valence-electron chi connectivity index (χ4n) is 3.68. The summed E-state index contributed by atoms with van der Waals surface area (Å²) in [5.41, 5.74) is 1.59. The van der Waals surface area contributed by atoms with Crippen molar-refractivity contribution in [2.24, 2.45) is 11.8 Å². The molecule has 3 fully saturated rings. The van der Waals surface area contributed by atoms with Crippen LogP contribution in [0.5, 0.6) is 0 Å². The van der Waals surface area contributed by atoms with Gasteiger partial charge in [0.25, 0.3) is 5.91 Å². The Morgan fingerprint density at radius 1 is 1.14 bits per heavy atom. The van der Waals surface area contributed by atoms with E-state index in [-0.39, 0.29) is 11.9 Å². The van der Waals surface area contributed by atoms with Crippen molar-refractivity contribution < 1.29 is 9.59 Å². The number of imide groups is 1. The summed E-state index contributed by atoms with van der Waals surface area (Å²) >= 11 is 0. The molecule has 1 saturated heterocycles. The molecule has 0 atom stereocenters. The van der Waals surface area contributed by atoms with Crippen LogP contribution in [0.15, 0.2) is 24.3 Å². The summed E-state index contributed by atoms with van der Waals surface area (Å²) in [6, 6.07) is 7.73. The Balaban J connectivity index is 1.63. The maximum atomic E-state index is 13.0. The number of hydrogen-bond donors (Lipinski definition) is 1.